The van der Waals surface area contributed by atoms with Crippen molar-refractivity contribution < 1.29 is 9.90 Å². The number of carbonyl (C=O) groups excluding carboxylic acids is 1. The Morgan fingerprint density at radius 1 is 1.23 bits per heavy atom. The fourth-order valence-corrected chi connectivity index (χ4v) is 3.77. The quantitative estimate of drug-likeness (QED) is 0.577. The summed E-state index contributed by atoms with van der Waals surface area (Å²) in [7, 11) is 4.12. The largest absolute Gasteiger partial charge is 0.390 e. The highest BCUT2D eigenvalue weighted by atomic mass is 16.3. The van der Waals surface area contributed by atoms with Crippen LogP contribution in [0.15, 0.2) is 36.7 Å². The minimum atomic E-state index is -0.619. The van der Waals surface area contributed by atoms with Crippen LogP contribution in [0.5, 0.6) is 0 Å². The fourth-order valence-electron chi connectivity index (χ4n) is 3.77. The predicted octanol–water partition coefficient (Wildman–Crippen LogP) is 1.51. The molecule has 2 N–H and O–H groups in total. The third kappa shape index (κ3) is 6.86. The van der Waals surface area contributed by atoms with Crippen molar-refractivity contribution in [2.24, 2.45) is 0 Å². The van der Waals surface area contributed by atoms with Crippen LogP contribution in [0.1, 0.15) is 40.2 Å². The number of aliphatic hydroxyl groups is 1. The molecule has 2 heterocycles. The van der Waals surface area contributed by atoms with Gasteiger partial charge in [-0.05, 0) is 63.5 Å². The number of fused-ring (bicyclic) bond motifs is 1. The van der Waals surface area contributed by atoms with Gasteiger partial charge in [-0.1, -0.05) is 24.3 Å². The summed E-state index contributed by atoms with van der Waals surface area (Å²) in [5.41, 5.74) is 3.94. The van der Waals surface area contributed by atoms with Crippen molar-refractivity contribution >= 4 is 5.91 Å². The molecule has 0 fully saturated rings. The third-order valence-corrected chi connectivity index (χ3v) is 5.42. The monoisotopic (exact) mass is 411 g/mol. The Balaban J connectivity index is 1.42. The lowest BCUT2D eigenvalue weighted by Gasteiger charge is -2.30. The zero-order valence-electron chi connectivity index (χ0n) is 18.0. The van der Waals surface area contributed by atoms with Gasteiger partial charge in [0.15, 0.2) is 0 Å². The normalized spacial score (nSPS) is 15.1. The van der Waals surface area contributed by atoms with E-state index in [1.165, 1.54) is 17.5 Å². The molecule has 1 amide bonds. The number of hydrogen-bond donors (Lipinski definition) is 2. The molecule has 1 aromatic heterocycles. The average Bonchev–Trinajstić information content (AvgIpc) is 2.75. The van der Waals surface area contributed by atoms with E-state index in [2.05, 4.69) is 63.4 Å². The molecule has 1 aliphatic rings. The van der Waals surface area contributed by atoms with Crippen LogP contribution >= 0.6 is 0 Å². The number of amides is 1. The Labute approximate surface area is 179 Å². The SMILES string of the molecule is CN(C)CCCCc1cc(C(=O)NC[C@H](O)CN2CCc3ccccc3C2)ncn1. The van der Waals surface area contributed by atoms with Crippen LogP contribution in [0.3, 0.4) is 0 Å². The second-order valence-corrected chi connectivity index (χ2v) is 8.27. The Morgan fingerprint density at radius 2 is 2.03 bits per heavy atom. The van der Waals surface area contributed by atoms with Crippen molar-refractivity contribution in [1.29, 1.82) is 0 Å². The van der Waals surface area contributed by atoms with Gasteiger partial charge in [0.2, 0.25) is 0 Å². The zero-order chi connectivity index (χ0) is 21.3. The molecule has 0 bridgehead atoms. The van der Waals surface area contributed by atoms with Gasteiger partial charge < -0.3 is 15.3 Å². The summed E-state index contributed by atoms with van der Waals surface area (Å²) < 4.78 is 0. The lowest BCUT2D eigenvalue weighted by atomic mass is 10.00. The van der Waals surface area contributed by atoms with Gasteiger partial charge in [0.25, 0.3) is 5.91 Å². The molecule has 0 unspecified atom stereocenters. The van der Waals surface area contributed by atoms with Gasteiger partial charge >= 0.3 is 0 Å². The van der Waals surface area contributed by atoms with E-state index in [4.69, 9.17) is 0 Å². The minimum Gasteiger partial charge on any atom is -0.390 e. The van der Waals surface area contributed by atoms with Gasteiger partial charge in [0.05, 0.1) is 6.10 Å². The molecule has 0 spiro atoms. The number of nitrogens with zero attached hydrogens (tertiary/aromatic N) is 4. The van der Waals surface area contributed by atoms with Crippen LogP contribution in [0, 0.1) is 0 Å². The summed E-state index contributed by atoms with van der Waals surface area (Å²) in [6.07, 6.45) is 4.76. The number of aliphatic hydroxyl groups excluding tert-OH is 1. The number of carbonyl (C=O) groups is 1. The number of rotatable bonds is 10. The van der Waals surface area contributed by atoms with E-state index in [1.807, 2.05) is 0 Å². The second kappa shape index (κ2) is 11.2. The lowest BCUT2D eigenvalue weighted by Crippen LogP contribution is -2.42. The van der Waals surface area contributed by atoms with Crippen molar-refractivity contribution in [2.45, 2.75) is 38.3 Å². The molecule has 0 saturated carbocycles. The molecule has 1 atom stereocenters. The van der Waals surface area contributed by atoms with E-state index < -0.39 is 6.10 Å². The molecular formula is C23H33N5O2. The number of benzene rings is 1. The zero-order valence-corrected chi connectivity index (χ0v) is 18.0. The van der Waals surface area contributed by atoms with Crippen molar-refractivity contribution in [3.05, 3.63) is 59.2 Å². The van der Waals surface area contributed by atoms with Crippen molar-refractivity contribution in [3.63, 3.8) is 0 Å². The Morgan fingerprint density at radius 3 is 2.83 bits per heavy atom. The topological polar surface area (TPSA) is 81.6 Å². The van der Waals surface area contributed by atoms with E-state index in [0.717, 1.165) is 51.0 Å². The summed E-state index contributed by atoms with van der Waals surface area (Å²) >= 11 is 0. The first-order valence-electron chi connectivity index (χ1n) is 10.7. The van der Waals surface area contributed by atoms with Crippen LogP contribution in [0.25, 0.3) is 0 Å². The van der Waals surface area contributed by atoms with Gasteiger partial charge in [-0.3, -0.25) is 9.69 Å². The van der Waals surface area contributed by atoms with Crippen LogP contribution < -0.4 is 5.32 Å². The van der Waals surface area contributed by atoms with Crippen LogP contribution in [-0.4, -0.2) is 77.2 Å². The maximum Gasteiger partial charge on any atom is 0.270 e. The van der Waals surface area contributed by atoms with Crippen molar-refractivity contribution in [3.8, 4) is 0 Å². The van der Waals surface area contributed by atoms with Crippen molar-refractivity contribution in [1.82, 2.24) is 25.1 Å². The second-order valence-electron chi connectivity index (χ2n) is 8.27. The number of hydrogen-bond acceptors (Lipinski definition) is 6. The summed E-state index contributed by atoms with van der Waals surface area (Å²) in [5.74, 6) is -0.269. The Bertz CT molecular complexity index is 827. The predicted molar refractivity (Wildman–Crippen MR) is 117 cm³/mol. The smallest absolute Gasteiger partial charge is 0.270 e. The molecule has 7 nitrogen and oxygen atoms in total. The van der Waals surface area contributed by atoms with E-state index >= 15 is 0 Å². The number of β-amino-alcohol motifs (C(OH)–C–C–N with tert-alkyl or cyclic N) is 1. The third-order valence-electron chi connectivity index (χ3n) is 5.42. The summed E-state index contributed by atoms with van der Waals surface area (Å²) in [6, 6.07) is 10.2. The first kappa shape index (κ1) is 22.3. The van der Waals surface area contributed by atoms with Gasteiger partial charge in [0.1, 0.15) is 12.0 Å². The minimum absolute atomic E-state index is 0.207. The van der Waals surface area contributed by atoms with Crippen LogP contribution in [0.2, 0.25) is 0 Å². The Kier molecular flexibility index (Phi) is 8.30. The van der Waals surface area contributed by atoms with Crippen LogP contribution in [0.4, 0.5) is 0 Å². The number of nitrogens with one attached hydrogen (secondary N) is 1. The molecule has 2 aromatic rings. The highest BCUT2D eigenvalue weighted by Crippen LogP contribution is 2.18. The van der Waals surface area contributed by atoms with E-state index in [1.54, 1.807) is 6.07 Å². The van der Waals surface area contributed by atoms with Crippen LogP contribution in [-0.2, 0) is 19.4 Å². The van der Waals surface area contributed by atoms with Gasteiger partial charge in [-0.2, -0.15) is 0 Å². The number of aryl methyl sites for hydroxylation is 1. The molecule has 30 heavy (non-hydrogen) atoms. The highest BCUT2D eigenvalue weighted by Gasteiger charge is 2.19. The average molecular weight is 412 g/mol. The molecule has 0 saturated heterocycles. The molecule has 3 rings (SSSR count). The maximum atomic E-state index is 12.4. The van der Waals surface area contributed by atoms with E-state index in [-0.39, 0.29) is 12.5 Å². The summed E-state index contributed by atoms with van der Waals surface area (Å²) in [5, 5.41) is 13.2. The molecule has 7 heteroatoms. The van der Waals surface area contributed by atoms with Gasteiger partial charge in [-0.25, -0.2) is 9.97 Å². The summed E-state index contributed by atoms with van der Waals surface area (Å²) in [6.45, 7) is 3.54. The highest BCUT2D eigenvalue weighted by molar-refractivity contribution is 5.92. The summed E-state index contributed by atoms with van der Waals surface area (Å²) in [4.78, 5) is 25.2. The van der Waals surface area contributed by atoms with E-state index in [9.17, 15) is 9.90 Å². The van der Waals surface area contributed by atoms with Gasteiger partial charge in [-0.15, -0.1) is 0 Å². The molecular weight excluding hydrogens is 378 g/mol. The first-order chi connectivity index (χ1) is 14.5. The molecule has 162 valence electrons. The van der Waals surface area contributed by atoms with Crippen molar-refractivity contribution in [2.75, 3.05) is 40.3 Å². The fraction of sp³-hybridized carbons (Fsp3) is 0.522. The maximum absolute atomic E-state index is 12.4. The number of aromatic nitrogens is 2. The Hall–Kier alpha value is -2.35. The standard InChI is InChI=1S/C23H33N5O2/c1-27(2)11-6-5-9-20-13-22(26-17-25-20)23(30)24-14-21(29)16-28-12-10-18-7-3-4-8-19(18)15-28/h3-4,7-8,13,17,21,29H,5-6,9-12,14-16H2,1-2H3,(H,24,30)/t21-/m0/s1. The first-order valence-corrected chi connectivity index (χ1v) is 10.7. The molecule has 1 aliphatic heterocycles. The lowest BCUT2D eigenvalue weighted by molar-refractivity contribution is 0.0838. The molecule has 0 radical (unpaired) electrons. The molecule has 1 aromatic carbocycles. The van der Waals surface area contributed by atoms with Gasteiger partial charge in [0, 0.05) is 31.9 Å². The molecule has 0 aliphatic carbocycles. The number of unbranched alkanes of at least 4 members (excludes halogenated alkanes) is 1. The van der Waals surface area contributed by atoms with E-state index in [0.29, 0.717) is 12.2 Å².